The molecule has 1 fully saturated rings. The molecule has 9 heteroatoms. The number of nitrogens with one attached hydrogen (secondary N) is 2. The van der Waals surface area contributed by atoms with Crippen molar-refractivity contribution in [3.63, 3.8) is 0 Å². The largest absolute Gasteiger partial charge is 0.366 e. The zero-order valence-electron chi connectivity index (χ0n) is 13.4. The van der Waals surface area contributed by atoms with Crippen molar-refractivity contribution in [2.75, 3.05) is 26.0 Å². The molecular formula is C14H22N6O2S. The maximum atomic E-state index is 12.1. The minimum Gasteiger partial charge on any atom is -0.366 e. The Morgan fingerprint density at radius 3 is 2.74 bits per heavy atom. The summed E-state index contributed by atoms with van der Waals surface area (Å²) in [7, 11) is -0.517. The van der Waals surface area contributed by atoms with E-state index >= 15 is 0 Å². The van der Waals surface area contributed by atoms with Gasteiger partial charge in [0.1, 0.15) is 6.07 Å². The van der Waals surface area contributed by atoms with Crippen LogP contribution in [0.25, 0.3) is 0 Å². The van der Waals surface area contributed by atoms with Crippen LogP contribution in [-0.2, 0) is 10.2 Å². The highest BCUT2D eigenvalue weighted by atomic mass is 32.2. The lowest BCUT2D eigenvalue weighted by molar-refractivity contribution is 0.399. The van der Waals surface area contributed by atoms with Crippen LogP contribution in [0.5, 0.6) is 0 Å². The normalized spacial score (nSPS) is 17.1. The van der Waals surface area contributed by atoms with E-state index < -0.39 is 10.2 Å². The molecule has 1 aliphatic rings. The second-order valence-electron chi connectivity index (χ2n) is 5.84. The molecule has 0 saturated heterocycles. The van der Waals surface area contributed by atoms with E-state index in [1.54, 1.807) is 6.07 Å². The summed E-state index contributed by atoms with van der Waals surface area (Å²) in [5.74, 6) is 0.654. The van der Waals surface area contributed by atoms with Crippen LogP contribution in [-0.4, -0.2) is 49.6 Å². The maximum absolute atomic E-state index is 12.1. The molecule has 8 nitrogen and oxygen atoms in total. The predicted molar refractivity (Wildman–Crippen MR) is 86.7 cm³/mol. The van der Waals surface area contributed by atoms with Crippen molar-refractivity contribution in [3.8, 4) is 6.07 Å². The Morgan fingerprint density at radius 2 is 2.13 bits per heavy atom. The van der Waals surface area contributed by atoms with Crippen LogP contribution in [0, 0.1) is 17.2 Å². The van der Waals surface area contributed by atoms with Crippen molar-refractivity contribution < 1.29 is 8.42 Å². The molecule has 1 saturated carbocycles. The van der Waals surface area contributed by atoms with E-state index in [0.717, 1.165) is 30.0 Å². The number of aromatic nitrogens is 2. The smallest absolute Gasteiger partial charge is 0.279 e. The summed E-state index contributed by atoms with van der Waals surface area (Å²) in [5, 5.41) is 19.8. The highest BCUT2D eigenvalue weighted by molar-refractivity contribution is 7.87. The summed E-state index contributed by atoms with van der Waals surface area (Å²) in [6.45, 7) is 0.366. The summed E-state index contributed by atoms with van der Waals surface area (Å²) in [4.78, 5) is 0. The molecule has 126 valence electrons. The van der Waals surface area contributed by atoms with E-state index in [0.29, 0.717) is 17.9 Å². The first kappa shape index (κ1) is 17.6. The van der Waals surface area contributed by atoms with Crippen molar-refractivity contribution in [2.24, 2.45) is 5.92 Å². The summed E-state index contributed by atoms with van der Waals surface area (Å²) in [6, 6.07) is 3.37. The monoisotopic (exact) mass is 338 g/mol. The summed E-state index contributed by atoms with van der Waals surface area (Å²) in [6.07, 6.45) is 5.66. The standard InChI is InChI=1S/C14H22N6O2S/c1-20(2)23(21,22)19-13(11-5-3-4-6-11)10-16-14-12(9-15)7-8-17-18-14/h7-8,11,13,19H,3-6,10H2,1-2H3,(H,16,18). The number of hydrogen-bond acceptors (Lipinski definition) is 6. The summed E-state index contributed by atoms with van der Waals surface area (Å²) >= 11 is 0. The van der Waals surface area contributed by atoms with Crippen molar-refractivity contribution in [1.29, 1.82) is 5.26 Å². The van der Waals surface area contributed by atoms with Crippen LogP contribution in [0.4, 0.5) is 5.82 Å². The fourth-order valence-electron chi connectivity index (χ4n) is 2.72. The van der Waals surface area contributed by atoms with Gasteiger partial charge in [-0.3, -0.25) is 0 Å². The van der Waals surface area contributed by atoms with Gasteiger partial charge in [-0.25, -0.2) is 0 Å². The van der Waals surface area contributed by atoms with Crippen LogP contribution in [0.1, 0.15) is 31.2 Å². The molecule has 1 aliphatic carbocycles. The van der Waals surface area contributed by atoms with Crippen LogP contribution in [0.2, 0.25) is 0 Å². The van der Waals surface area contributed by atoms with Crippen LogP contribution in [0.3, 0.4) is 0 Å². The first-order chi connectivity index (χ1) is 10.9. The van der Waals surface area contributed by atoms with Gasteiger partial charge in [-0.2, -0.15) is 27.8 Å². The Kier molecular flexibility index (Phi) is 5.87. The van der Waals surface area contributed by atoms with Gasteiger partial charge in [0, 0.05) is 26.7 Å². The average molecular weight is 338 g/mol. The van der Waals surface area contributed by atoms with Gasteiger partial charge in [0.05, 0.1) is 11.8 Å². The molecule has 1 aromatic heterocycles. The topological polar surface area (TPSA) is 111 Å². The minimum absolute atomic E-state index is 0.251. The minimum atomic E-state index is -3.51. The molecule has 23 heavy (non-hydrogen) atoms. The Labute approximate surface area is 137 Å². The summed E-state index contributed by atoms with van der Waals surface area (Å²) < 4.78 is 28.2. The van der Waals surface area contributed by atoms with Gasteiger partial charge < -0.3 is 5.32 Å². The lowest BCUT2D eigenvalue weighted by Gasteiger charge is -2.26. The van der Waals surface area contributed by atoms with Crippen molar-refractivity contribution in [3.05, 3.63) is 17.8 Å². The molecule has 2 N–H and O–H groups in total. The Hall–Kier alpha value is -1.76. The predicted octanol–water partition coefficient (Wildman–Crippen LogP) is 0.715. The molecular weight excluding hydrogens is 316 g/mol. The highest BCUT2D eigenvalue weighted by Gasteiger charge is 2.29. The fourth-order valence-corrected chi connectivity index (χ4v) is 3.59. The van der Waals surface area contributed by atoms with Gasteiger partial charge in [-0.1, -0.05) is 12.8 Å². The van der Waals surface area contributed by atoms with Crippen LogP contribution < -0.4 is 10.0 Å². The SMILES string of the molecule is CN(C)S(=O)(=O)NC(CNc1nnccc1C#N)C1CCCC1. The molecule has 2 rings (SSSR count). The van der Waals surface area contributed by atoms with Gasteiger partial charge in [-0.05, 0) is 24.8 Å². The lowest BCUT2D eigenvalue weighted by Crippen LogP contribution is -2.48. The molecule has 1 aromatic rings. The quantitative estimate of drug-likeness (QED) is 0.757. The van der Waals surface area contributed by atoms with Crippen molar-refractivity contribution in [2.45, 2.75) is 31.7 Å². The Balaban J connectivity index is 2.10. The van der Waals surface area contributed by atoms with Gasteiger partial charge in [0.2, 0.25) is 0 Å². The summed E-state index contributed by atoms with van der Waals surface area (Å²) in [5.41, 5.74) is 0.389. The maximum Gasteiger partial charge on any atom is 0.279 e. The highest BCUT2D eigenvalue weighted by Crippen LogP contribution is 2.28. The van der Waals surface area contributed by atoms with E-state index in [1.165, 1.54) is 20.3 Å². The molecule has 1 atom stereocenters. The third kappa shape index (κ3) is 4.60. The van der Waals surface area contributed by atoms with Gasteiger partial charge in [0.25, 0.3) is 10.2 Å². The first-order valence-corrected chi connectivity index (χ1v) is 9.03. The molecule has 0 amide bonds. The Bertz CT molecular complexity index is 664. The fraction of sp³-hybridized carbons (Fsp3) is 0.643. The van der Waals surface area contributed by atoms with Gasteiger partial charge in [0.15, 0.2) is 5.82 Å². The third-order valence-corrected chi connectivity index (χ3v) is 5.64. The number of nitrogens with zero attached hydrogens (tertiary/aromatic N) is 4. The van der Waals surface area contributed by atoms with Crippen molar-refractivity contribution >= 4 is 16.0 Å². The Morgan fingerprint density at radius 1 is 1.43 bits per heavy atom. The lowest BCUT2D eigenvalue weighted by atomic mass is 9.99. The molecule has 1 unspecified atom stereocenters. The molecule has 0 radical (unpaired) electrons. The molecule has 0 bridgehead atoms. The van der Waals surface area contributed by atoms with E-state index in [2.05, 4.69) is 20.2 Å². The van der Waals surface area contributed by atoms with Gasteiger partial charge >= 0.3 is 0 Å². The second kappa shape index (κ2) is 7.68. The van der Waals surface area contributed by atoms with Crippen LogP contribution in [0.15, 0.2) is 12.3 Å². The molecule has 0 aromatic carbocycles. The second-order valence-corrected chi connectivity index (χ2v) is 7.76. The van der Waals surface area contributed by atoms with E-state index in [1.807, 2.05) is 6.07 Å². The van der Waals surface area contributed by atoms with E-state index in [4.69, 9.17) is 5.26 Å². The zero-order chi connectivity index (χ0) is 16.9. The number of hydrogen-bond donors (Lipinski definition) is 2. The number of rotatable bonds is 7. The van der Waals surface area contributed by atoms with Crippen molar-refractivity contribution in [1.82, 2.24) is 19.2 Å². The third-order valence-electron chi connectivity index (χ3n) is 4.08. The average Bonchev–Trinajstić information content (AvgIpc) is 3.05. The van der Waals surface area contributed by atoms with Crippen LogP contribution >= 0.6 is 0 Å². The number of anilines is 1. The number of nitriles is 1. The molecule has 1 heterocycles. The zero-order valence-corrected chi connectivity index (χ0v) is 14.2. The molecule has 0 aliphatic heterocycles. The molecule has 0 spiro atoms. The first-order valence-electron chi connectivity index (χ1n) is 7.59. The van der Waals surface area contributed by atoms with E-state index in [9.17, 15) is 8.42 Å². The van der Waals surface area contributed by atoms with Gasteiger partial charge in [-0.15, -0.1) is 5.10 Å². The van der Waals surface area contributed by atoms with E-state index in [-0.39, 0.29) is 12.0 Å².